The zero-order valence-corrected chi connectivity index (χ0v) is 14.8. The van der Waals surface area contributed by atoms with Crippen LogP contribution >= 0.6 is 23.2 Å². The predicted molar refractivity (Wildman–Crippen MR) is 98.9 cm³/mol. The molecule has 0 unspecified atom stereocenters. The fourth-order valence-corrected chi connectivity index (χ4v) is 3.46. The first-order valence-corrected chi connectivity index (χ1v) is 8.53. The monoisotopic (exact) mass is 364 g/mol. The van der Waals surface area contributed by atoms with Crippen LogP contribution in [0.2, 0.25) is 10.0 Å². The van der Waals surface area contributed by atoms with Gasteiger partial charge >= 0.3 is 0 Å². The minimum absolute atomic E-state index is 0.306. The van der Waals surface area contributed by atoms with E-state index >= 15 is 0 Å². The van der Waals surface area contributed by atoms with Gasteiger partial charge < -0.3 is 15.0 Å². The first-order chi connectivity index (χ1) is 11.6. The van der Waals surface area contributed by atoms with Crippen LogP contribution in [0.25, 0.3) is 0 Å². The summed E-state index contributed by atoms with van der Waals surface area (Å²) in [6.45, 7) is 2.10. The molecule has 1 N–H and O–H groups in total. The Hall–Kier alpha value is -1.91. The van der Waals surface area contributed by atoms with E-state index in [0.29, 0.717) is 21.4 Å². The Bertz CT molecular complexity index is 759. The highest BCUT2D eigenvalue weighted by Gasteiger charge is 2.18. The van der Waals surface area contributed by atoms with Gasteiger partial charge in [-0.3, -0.25) is 4.79 Å². The molecular weight excluding hydrogens is 347 g/mol. The average molecular weight is 365 g/mol. The maximum absolute atomic E-state index is 12.6. The van der Waals surface area contributed by atoms with Crippen molar-refractivity contribution in [2.45, 2.75) is 12.8 Å². The number of carbonyl (C=O) groups is 1. The van der Waals surface area contributed by atoms with Gasteiger partial charge in [-0.15, -0.1) is 0 Å². The number of nitrogens with one attached hydrogen (secondary N) is 1. The SMILES string of the molecule is COc1c(Cl)cc(Cl)cc1C(=O)Nc1cccc(N2CCCC2)c1. The van der Waals surface area contributed by atoms with Gasteiger partial charge in [0.2, 0.25) is 0 Å². The van der Waals surface area contributed by atoms with Crippen LogP contribution in [0, 0.1) is 0 Å². The molecule has 0 aliphatic carbocycles. The summed E-state index contributed by atoms with van der Waals surface area (Å²) in [5.74, 6) is 0.00378. The summed E-state index contributed by atoms with van der Waals surface area (Å²) in [6.07, 6.45) is 2.41. The summed E-state index contributed by atoms with van der Waals surface area (Å²) in [7, 11) is 1.47. The van der Waals surface area contributed by atoms with Crippen molar-refractivity contribution in [1.82, 2.24) is 0 Å². The lowest BCUT2D eigenvalue weighted by molar-refractivity contribution is 0.102. The van der Waals surface area contributed by atoms with Gasteiger partial charge in [-0.2, -0.15) is 0 Å². The molecule has 1 aliphatic rings. The maximum atomic E-state index is 12.6. The molecule has 1 fully saturated rings. The highest BCUT2D eigenvalue weighted by Crippen LogP contribution is 2.33. The van der Waals surface area contributed by atoms with Crippen molar-refractivity contribution in [3.63, 3.8) is 0 Å². The third kappa shape index (κ3) is 3.60. The number of amides is 1. The number of hydrogen-bond acceptors (Lipinski definition) is 3. The topological polar surface area (TPSA) is 41.6 Å². The van der Waals surface area contributed by atoms with E-state index in [2.05, 4.69) is 16.3 Å². The number of benzene rings is 2. The molecule has 0 atom stereocenters. The summed E-state index contributed by atoms with van der Waals surface area (Å²) in [5.41, 5.74) is 2.14. The molecule has 1 heterocycles. The van der Waals surface area contributed by atoms with Crippen LogP contribution in [0.4, 0.5) is 11.4 Å². The van der Waals surface area contributed by atoms with E-state index in [1.807, 2.05) is 18.2 Å². The Morgan fingerprint density at radius 3 is 2.62 bits per heavy atom. The molecule has 4 nitrogen and oxygen atoms in total. The molecule has 6 heteroatoms. The van der Waals surface area contributed by atoms with Gasteiger partial charge in [-0.1, -0.05) is 29.3 Å². The van der Waals surface area contributed by atoms with Crippen molar-refractivity contribution in [3.8, 4) is 5.75 Å². The molecule has 1 amide bonds. The molecular formula is C18H18Cl2N2O2. The lowest BCUT2D eigenvalue weighted by Gasteiger charge is -2.18. The van der Waals surface area contributed by atoms with Crippen LogP contribution < -0.4 is 15.0 Å². The second kappa shape index (κ2) is 7.32. The van der Waals surface area contributed by atoms with Crippen LogP contribution in [0.5, 0.6) is 5.75 Å². The molecule has 0 aromatic heterocycles. The predicted octanol–water partition coefficient (Wildman–Crippen LogP) is 4.85. The number of carbonyl (C=O) groups excluding carboxylic acids is 1. The van der Waals surface area contributed by atoms with Crippen molar-refractivity contribution >= 4 is 40.5 Å². The van der Waals surface area contributed by atoms with E-state index in [4.69, 9.17) is 27.9 Å². The molecule has 1 aliphatic heterocycles. The molecule has 0 saturated carbocycles. The Labute approximate surface area is 151 Å². The van der Waals surface area contributed by atoms with E-state index in [9.17, 15) is 4.79 Å². The van der Waals surface area contributed by atoms with Crippen LogP contribution in [0.15, 0.2) is 36.4 Å². The van der Waals surface area contributed by atoms with Crippen molar-refractivity contribution in [1.29, 1.82) is 0 Å². The Balaban J connectivity index is 1.84. The maximum Gasteiger partial charge on any atom is 0.259 e. The van der Waals surface area contributed by atoms with Gasteiger partial charge in [0.1, 0.15) is 5.75 Å². The first kappa shape index (κ1) is 16.9. The highest BCUT2D eigenvalue weighted by molar-refractivity contribution is 6.36. The lowest BCUT2D eigenvalue weighted by Crippen LogP contribution is -2.18. The van der Waals surface area contributed by atoms with E-state index in [1.165, 1.54) is 20.0 Å². The van der Waals surface area contributed by atoms with Crippen molar-refractivity contribution in [2.24, 2.45) is 0 Å². The largest absolute Gasteiger partial charge is 0.494 e. The first-order valence-electron chi connectivity index (χ1n) is 7.78. The van der Waals surface area contributed by atoms with Gasteiger partial charge in [-0.05, 0) is 43.2 Å². The molecule has 0 radical (unpaired) electrons. The van der Waals surface area contributed by atoms with E-state index in [1.54, 1.807) is 12.1 Å². The van der Waals surface area contributed by atoms with Gasteiger partial charge in [0, 0.05) is 29.5 Å². The Kier molecular flexibility index (Phi) is 5.17. The molecule has 126 valence electrons. The normalized spacial score (nSPS) is 13.9. The van der Waals surface area contributed by atoms with E-state index < -0.39 is 0 Å². The van der Waals surface area contributed by atoms with Gasteiger partial charge in [0.15, 0.2) is 0 Å². The molecule has 1 saturated heterocycles. The van der Waals surface area contributed by atoms with E-state index in [0.717, 1.165) is 24.5 Å². The van der Waals surface area contributed by atoms with Gasteiger partial charge in [-0.25, -0.2) is 0 Å². The van der Waals surface area contributed by atoms with Crippen molar-refractivity contribution in [2.75, 3.05) is 30.4 Å². The second-order valence-corrected chi connectivity index (χ2v) is 6.51. The smallest absolute Gasteiger partial charge is 0.259 e. The molecule has 0 spiro atoms. The Morgan fingerprint density at radius 2 is 1.92 bits per heavy atom. The van der Waals surface area contributed by atoms with Crippen LogP contribution in [-0.4, -0.2) is 26.1 Å². The minimum Gasteiger partial charge on any atom is -0.494 e. The number of nitrogens with zero attached hydrogens (tertiary/aromatic N) is 1. The summed E-state index contributed by atoms with van der Waals surface area (Å²) in [5, 5.41) is 3.58. The summed E-state index contributed by atoms with van der Waals surface area (Å²) < 4.78 is 5.24. The standard InChI is InChI=1S/C18H18Cl2N2O2/c1-24-17-15(9-12(19)10-16(17)20)18(23)21-13-5-4-6-14(11-13)22-7-2-3-8-22/h4-6,9-11H,2-3,7-8H2,1H3,(H,21,23). The van der Waals surface area contributed by atoms with Crippen LogP contribution in [0.1, 0.15) is 23.2 Å². The van der Waals surface area contributed by atoms with Gasteiger partial charge in [0.05, 0.1) is 17.7 Å². The summed E-state index contributed by atoms with van der Waals surface area (Å²) in [6, 6.07) is 10.9. The van der Waals surface area contributed by atoms with Crippen molar-refractivity contribution in [3.05, 3.63) is 52.0 Å². The number of ether oxygens (including phenoxy) is 1. The number of halogens is 2. The summed E-state index contributed by atoms with van der Waals surface area (Å²) in [4.78, 5) is 14.9. The number of methoxy groups -OCH3 is 1. The lowest BCUT2D eigenvalue weighted by atomic mass is 10.1. The zero-order chi connectivity index (χ0) is 17.1. The zero-order valence-electron chi connectivity index (χ0n) is 13.3. The second-order valence-electron chi connectivity index (χ2n) is 5.67. The Morgan fingerprint density at radius 1 is 1.17 bits per heavy atom. The highest BCUT2D eigenvalue weighted by atomic mass is 35.5. The number of rotatable bonds is 4. The third-order valence-corrected chi connectivity index (χ3v) is 4.53. The molecule has 3 rings (SSSR count). The van der Waals surface area contributed by atoms with Gasteiger partial charge in [0.25, 0.3) is 5.91 Å². The fraction of sp³-hybridized carbons (Fsp3) is 0.278. The molecule has 2 aromatic rings. The van der Waals surface area contributed by atoms with Crippen LogP contribution in [-0.2, 0) is 0 Å². The van der Waals surface area contributed by atoms with E-state index in [-0.39, 0.29) is 5.91 Å². The van der Waals surface area contributed by atoms with Crippen molar-refractivity contribution < 1.29 is 9.53 Å². The molecule has 0 bridgehead atoms. The third-order valence-electron chi connectivity index (χ3n) is 4.03. The molecule has 24 heavy (non-hydrogen) atoms. The average Bonchev–Trinajstić information content (AvgIpc) is 3.09. The molecule has 2 aromatic carbocycles. The quantitative estimate of drug-likeness (QED) is 0.842. The minimum atomic E-state index is -0.310. The fourth-order valence-electron chi connectivity index (χ4n) is 2.89. The number of hydrogen-bond donors (Lipinski definition) is 1. The number of anilines is 2. The van der Waals surface area contributed by atoms with Crippen LogP contribution in [0.3, 0.4) is 0 Å². The summed E-state index contributed by atoms with van der Waals surface area (Å²) >= 11 is 12.1.